The van der Waals surface area contributed by atoms with Gasteiger partial charge in [-0.3, -0.25) is 14.9 Å². The molecule has 7 nitrogen and oxygen atoms in total. The number of rotatable bonds is 8. The molecular formula is C20H25N3O4. The second-order valence-electron chi connectivity index (χ2n) is 6.57. The lowest BCUT2D eigenvalue weighted by Gasteiger charge is -2.18. The number of methoxy groups -OCH3 is 1. The summed E-state index contributed by atoms with van der Waals surface area (Å²) in [5, 5.41) is 13.6. The molecule has 0 saturated heterocycles. The minimum atomic E-state index is -0.504. The fraction of sp³-hybridized carbons (Fsp3) is 0.350. The maximum absolute atomic E-state index is 12.2. The molecule has 0 aliphatic rings. The highest BCUT2D eigenvalue weighted by atomic mass is 16.6. The van der Waals surface area contributed by atoms with Crippen LogP contribution in [0.2, 0.25) is 0 Å². The van der Waals surface area contributed by atoms with Crippen molar-refractivity contribution in [2.75, 3.05) is 26.0 Å². The molecule has 0 spiro atoms. The Morgan fingerprint density at radius 2 is 1.85 bits per heavy atom. The van der Waals surface area contributed by atoms with E-state index in [1.54, 1.807) is 19.2 Å². The van der Waals surface area contributed by atoms with Crippen LogP contribution in [0.25, 0.3) is 0 Å². The molecule has 1 amide bonds. The predicted molar refractivity (Wildman–Crippen MR) is 105 cm³/mol. The van der Waals surface area contributed by atoms with Crippen molar-refractivity contribution in [3.63, 3.8) is 0 Å². The second kappa shape index (κ2) is 9.14. The Kier molecular flexibility index (Phi) is 6.90. The summed E-state index contributed by atoms with van der Waals surface area (Å²) in [6.07, 6.45) is 0.247. The molecule has 7 heteroatoms. The molecule has 0 atom stereocenters. The quantitative estimate of drug-likeness (QED) is 0.565. The fourth-order valence-electron chi connectivity index (χ4n) is 3.09. The topological polar surface area (TPSA) is 84.7 Å². The average molecular weight is 371 g/mol. The molecule has 144 valence electrons. The van der Waals surface area contributed by atoms with Crippen LogP contribution >= 0.6 is 0 Å². The monoisotopic (exact) mass is 371 g/mol. The van der Waals surface area contributed by atoms with Crippen LogP contribution in [0.4, 0.5) is 11.4 Å². The minimum Gasteiger partial charge on any atom is -0.496 e. The summed E-state index contributed by atoms with van der Waals surface area (Å²) < 4.78 is 5.38. The molecule has 0 saturated carbocycles. The number of para-hydroxylation sites is 2. The van der Waals surface area contributed by atoms with E-state index in [1.807, 2.05) is 25.8 Å². The number of nitro groups is 1. The number of hydrogen-bond donors (Lipinski definition) is 1. The van der Waals surface area contributed by atoms with Gasteiger partial charge in [-0.05, 0) is 43.7 Å². The summed E-state index contributed by atoms with van der Waals surface area (Å²) in [6.45, 7) is 5.26. The van der Waals surface area contributed by atoms with Gasteiger partial charge in [-0.2, -0.15) is 0 Å². The number of anilines is 1. The highest BCUT2D eigenvalue weighted by Gasteiger charge is 2.15. The lowest BCUT2D eigenvalue weighted by molar-refractivity contribution is -0.383. The van der Waals surface area contributed by atoms with E-state index >= 15 is 0 Å². The van der Waals surface area contributed by atoms with Gasteiger partial charge in [-0.25, -0.2) is 0 Å². The molecule has 0 heterocycles. The third kappa shape index (κ3) is 5.52. The Morgan fingerprint density at radius 3 is 2.44 bits per heavy atom. The van der Waals surface area contributed by atoms with Gasteiger partial charge in [-0.15, -0.1) is 0 Å². The van der Waals surface area contributed by atoms with Gasteiger partial charge >= 0.3 is 0 Å². The second-order valence-corrected chi connectivity index (χ2v) is 6.57. The first kappa shape index (κ1) is 20.4. The Balaban J connectivity index is 1.91. The molecule has 0 unspecified atom stereocenters. The van der Waals surface area contributed by atoms with Crippen LogP contribution in [-0.2, 0) is 11.3 Å². The zero-order chi connectivity index (χ0) is 20.0. The van der Waals surface area contributed by atoms with E-state index in [0.717, 1.165) is 22.4 Å². The van der Waals surface area contributed by atoms with E-state index in [9.17, 15) is 14.9 Å². The molecule has 0 fully saturated rings. The van der Waals surface area contributed by atoms with E-state index < -0.39 is 4.92 Å². The van der Waals surface area contributed by atoms with E-state index in [2.05, 4.69) is 17.4 Å². The molecule has 0 aliphatic carbocycles. The summed E-state index contributed by atoms with van der Waals surface area (Å²) >= 11 is 0. The first-order valence-corrected chi connectivity index (χ1v) is 8.67. The van der Waals surface area contributed by atoms with Gasteiger partial charge in [0.2, 0.25) is 5.91 Å². The molecule has 0 aliphatic heterocycles. The Bertz CT molecular complexity index is 813. The van der Waals surface area contributed by atoms with Crippen molar-refractivity contribution >= 4 is 17.3 Å². The summed E-state index contributed by atoms with van der Waals surface area (Å²) in [5.41, 5.74) is 3.41. The van der Waals surface area contributed by atoms with Crippen molar-refractivity contribution in [3.8, 4) is 5.75 Å². The summed E-state index contributed by atoms with van der Waals surface area (Å²) in [4.78, 5) is 24.7. The van der Waals surface area contributed by atoms with Gasteiger partial charge in [0.1, 0.15) is 11.4 Å². The number of hydrogen-bond acceptors (Lipinski definition) is 5. The standard InChI is InChI=1S/C20H25N3O4/c1-14-11-16(12-15(2)20(14)27-4)13-22(3)10-9-19(24)21-17-7-5-6-8-18(17)23(25)26/h5-8,11-12H,9-10,13H2,1-4H3,(H,21,24). The molecule has 27 heavy (non-hydrogen) atoms. The highest BCUT2D eigenvalue weighted by Crippen LogP contribution is 2.25. The van der Waals surface area contributed by atoms with Crippen LogP contribution in [0.5, 0.6) is 5.75 Å². The lowest BCUT2D eigenvalue weighted by Crippen LogP contribution is -2.24. The number of nitro benzene ring substituents is 1. The normalized spacial score (nSPS) is 10.7. The van der Waals surface area contributed by atoms with E-state index in [-0.39, 0.29) is 23.7 Å². The first-order chi connectivity index (χ1) is 12.8. The molecule has 2 aromatic carbocycles. The van der Waals surface area contributed by atoms with Crippen LogP contribution in [0, 0.1) is 24.0 Å². The van der Waals surface area contributed by atoms with Gasteiger partial charge < -0.3 is 15.0 Å². The molecule has 0 bridgehead atoms. The molecular weight excluding hydrogens is 346 g/mol. The van der Waals surface area contributed by atoms with E-state index in [0.29, 0.717) is 13.1 Å². The van der Waals surface area contributed by atoms with Gasteiger partial charge in [-0.1, -0.05) is 24.3 Å². The van der Waals surface area contributed by atoms with Crippen LogP contribution in [-0.4, -0.2) is 36.4 Å². The van der Waals surface area contributed by atoms with E-state index in [4.69, 9.17) is 4.74 Å². The van der Waals surface area contributed by atoms with Crippen LogP contribution in [0.3, 0.4) is 0 Å². The average Bonchev–Trinajstić information content (AvgIpc) is 2.60. The third-order valence-electron chi connectivity index (χ3n) is 4.27. The molecule has 1 N–H and O–H groups in total. The van der Waals surface area contributed by atoms with Gasteiger partial charge in [0.15, 0.2) is 0 Å². The smallest absolute Gasteiger partial charge is 0.292 e. The Hall–Kier alpha value is -2.93. The number of carbonyl (C=O) groups excluding carboxylic acids is 1. The van der Waals surface area contributed by atoms with Crippen molar-refractivity contribution in [2.24, 2.45) is 0 Å². The maximum atomic E-state index is 12.2. The highest BCUT2D eigenvalue weighted by molar-refractivity contribution is 5.93. The number of carbonyl (C=O) groups is 1. The molecule has 2 rings (SSSR count). The number of aryl methyl sites for hydroxylation is 2. The van der Waals surface area contributed by atoms with Crippen molar-refractivity contribution in [2.45, 2.75) is 26.8 Å². The van der Waals surface area contributed by atoms with Crippen molar-refractivity contribution in [3.05, 3.63) is 63.2 Å². The number of ether oxygens (including phenoxy) is 1. The Labute approximate surface area is 159 Å². The number of nitrogens with zero attached hydrogens (tertiary/aromatic N) is 2. The minimum absolute atomic E-state index is 0.108. The van der Waals surface area contributed by atoms with Crippen LogP contribution in [0.1, 0.15) is 23.1 Å². The lowest BCUT2D eigenvalue weighted by atomic mass is 10.1. The summed E-state index contributed by atoms with van der Waals surface area (Å²) in [5.74, 6) is 0.642. The van der Waals surface area contributed by atoms with Crippen LogP contribution in [0.15, 0.2) is 36.4 Å². The van der Waals surface area contributed by atoms with Gasteiger partial charge in [0.05, 0.1) is 12.0 Å². The largest absolute Gasteiger partial charge is 0.496 e. The summed E-state index contributed by atoms with van der Waals surface area (Å²) in [6, 6.07) is 10.3. The van der Waals surface area contributed by atoms with Gasteiger partial charge in [0.25, 0.3) is 5.69 Å². The third-order valence-corrected chi connectivity index (χ3v) is 4.27. The van der Waals surface area contributed by atoms with E-state index in [1.165, 1.54) is 12.1 Å². The number of amides is 1. The Morgan fingerprint density at radius 1 is 1.22 bits per heavy atom. The zero-order valence-electron chi connectivity index (χ0n) is 16.1. The molecule has 2 aromatic rings. The fourth-order valence-corrected chi connectivity index (χ4v) is 3.09. The number of benzene rings is 2. The SMILES string of the molecule is COc1c(C)cc(CN(C)CCC(=O)Nc2ccccc2[N+](=O)[O-])cc1C. The molecule has 0 aromatic heterocycles. The zero-order valence-corrected chi connectivity index (χ0v) is 16.1. The van der Waals surface area contributed by atoms with Gasteiger partial charge in [0, 0.05) is 25.6 Å². The number of nitrogens with one attached hydrogen (secondary N) is 1. The van der Waals surface area contributed by atoms with Crippen LogP contribution < -0.4 is 10.1 Å². The van der Waals surface area contributed by atoms with Crippen molar-refractivity contribution in [1.82, 2.24) is 4.90 Å². The van der Waals surface area contributed by atoms with Crippen molar-refractivity contribution in [1.29, 1.82) is 0 Å². The molecule has 0 radical (unpaired) electrons. The van der Waals surface area contributed by atoms with Crippen molar-refractivity contribution < 1.29 is 14.5 Å². The first-order valence-electron chi connectivity index (χ1n) is 8.67. The summed E-state index contributed by atoms with van der Waals surface area (Å²) in [7, 11) is 3.60. The predicted octanol–water partition coefficient (Wildman–Crippen LogP) is 3.68. The maximum Gasteiger partial charge on any atom is 0.292 e.